The highest BCUT2D eigenvalue weighted by Crippen LogP contribution is 2.53. The van der Waals surface area contributed by atoms with Gasteiger partial charge in [0, 0.05) is 19.6 Å². The highest BCUT2D eigenvalue weighted by molar-refractivity contribution is 5.79. The molecule has 0 spiro atoms. The van der Waals surface area contributed by atoms with Crippen molar-refractivity contribution in [1.82, 2.24) is 10.2 Å². The molecule has 1 unspecified atom stereocenters. The Labute approximate surface area is 119 Å². The molecule has 1 atom stereocenters. The lowest BCUT2D eigenvalue weighted by Gasteiger charge is -2.28. The number of aliphatic carboxylic acids is 1. The number of nitrogens with one attached hydrogen (secondary N) is 1. The van der Waals surface area contributed by atoms with Crippen LogP contribution in [0.15, 0.2) is 0 Å². The molecule has 5 heteroatoms. The van der Waals surface area contributed by atoms with Crippen molar-refractivity contribution in [2.75, 3.05) is 19.6 Å². The first kappa shape index (κ1) is 13.7. The summed E-state index contributed by atoms with van der Waals surface area (Å²) in [6.07, 6.45) is 6.92. The standard InChI is InChI=1S/C15H24N2O3/c1-14(12(18)19)6-7-17(10-14)13(20)16-9-15-4-2-11(8-15)3-5-15/h11H,2-10H2,1H3,(H,16,20)(H,18,19). The van der Waals surface area contributed by atoms with Crippen molar-refractivity contribution in [2.24, 2.45) is 16.7 Å². The van der Waals surface area contributed by atoms with Crippen molar-refractivity contribution < 1.29 is 14.7 Å². The molecule has 2 amide bonds. The van der Waals surface area contributed by atoms with Crippen molar-refractivity contribution in [3.63, 3.8) is 0 Å². The average molecular weight is 280 g/mol. The number of rotatable bonds is 3. The third-order valence-electron chi connectivity index (χ3n) is 5.78. The minimum atomic E-state index is -0.805. The van der Waals surface area contributed by atoms with Crippen molar-refractivity contribution in [3.05, 3.63) is 0 Å². The number of carbonyl (C=O) groups excluding carboxylic acids is 1. The highest BCUT2D eigenvalue weighted by atomic mass is 16.4. The number of fused-ring (bicyclic) bond motifs is 2. The minimum absolute atomic E-state index is 0.0836. The molecule has 20 heavy (non-hydrogen) atoms. The van der Waals surface area contributed by atoms with Crippen LogP contribution in [0.1, 0.15) is 45.4 Å². The fraction of sp³-hybridized carbons (Fsp3) is 0.867. The molecule has 0 radical (unpaired) electrons. The summed E-state index contributed by atoms with van der Waals surface area (Å²) >= 11 is 0. The van der Waals surface area contributed by atoms with Crippen LogP contribution in [-0.2, 0) is 4.79 Å². The molecule has 0 aromatic rings. The number of hydrogen-bond donors (Lipinski definition) is 2. The summed E-state index contributed by atoms with van der Waals surface area (Å²) < 4.78 is 0. The van der Waals surface area contributed by atoms with Gasteiger partial charge in [-0.25, -0.2) is 4.79 Å². The van der Waals surface area contributed by atoms with E-state index in [0.29, 0.717) is 24.9 Å². The van der Waals surface area contributed by atoms with Gasteiger partial charge in [-0.15, -0.1) is 0 Å². The molecule has 3 fully saturated rings. The summed E-state index contributed by atoms with van der Waals surface area (Å²) in [4.78, 5) is 25.1. The van der Waals surface area contributed by atoms with E-state index in [1.807, 2.05) is 0 Å². The SMILES string of the molecule is CC1(C(=O)O)CCN(C(=O)NCC23CCC(CC2)C3)C1. The highest BCUT2D eigenvalue weighted by Gasteiger charge is 2.46. The summed E-state index contributed by atoms with van der Waals surface area (Å²) in [5.41, 5.74) is -0.433. The van der Waals surface area contributed by atoms with Gasteiger partial charge in [-0.2, -0.15) is 0 Å². The van der Waals surface area contributed by atoms with Gasteiger partial charge in [-0.3, -0.25) is 4.79 Å². The van der Waals surface area contributed by atoms with Crippen molar-refractivity contribution in [1.29, 1.82) is 0 Å². The number of hydrogen-bond acceptors (Lipinski definition) is 2. The van der Waals surface area contributed by atoms with Gasteiger partial charge in [0.25, 0.3) is 0 Å². The monoisotopic (exact) mass is 280 g/mol. The van der Waals surface area contributed by atoms with E-state index in [1.54, 1.807) is 11.8 Å². The minimum Gasteiger partial charge on any atom is -0.481 e. The molecule has 0 aromatic carbocycles. The molecule has 3 rings (SSSR count). The second kappa shape index (κ2) is 4.64. The lowest BCUT2D eigenvalue weighted by atomic mass is 9.84. The Morgan fingerprint density at radius 1 is 1.30 bits per heavy atom. The Morgan fingerprint density at radius 3 is 2.50 bits per heavy atom. The van der Waals surface area contributed by atoms with Crippen LogP contribution in [0.4, 0.5) is 4.79 Å². The maximum absolute atomic E-state index is 12.2. The third kappa shape index (κ3) is 2.27. The molecule has 112 valence electrons. The summed E-state index contributed by atoms with van der Waals surface area (Å²) in [6.45, 7) is 3.36. The number of urea groups is 1. The van der Waals surface area contributed by atoms with Gasteiger partial charge in [-0.05, 0) is 56.8 Å². The zero-order valence-corrected chi connectivity index (χ0v) is 12.2. The Hall–Kier alpha value is -1.26. The van der Waals surface area contributed by atoms with Gasteiger partial charge >= 0.3 is 12.0 Å². The molecule has 0 aromatic heterocycles. The molecule has 2 saturated carbocycles. The van der Waals surface area contributed by atoms with E-state index in [1.165, 1.54) is 32.1 Å². The zero-order valence-electron chi connectivity index (χ0n) is 12.2. The second-order valence-corrected chi connectivity index (χ2v) is 7.34. The molecule has 2 aliphatic carbocycles. The summed E-state index contributed by atoms with van der Waals surface area (Å²) in [6, 6.07) is -0.0836. The molecule has 1 aliphatic heterocycles. The normalized spacial score (nSPS) is 39.2. The number of amides is 2. The zero-order chi connectivity index (χ0) is 14.4. The molecule has 2 N–H and O–H groups in total. The smallest absolute Gasteiger partial charge is 0.317 e. The van der Waals surface area contributed by atoms with Gasteiger partial charge in [0.15, 0.2) is 0 Å². The topological polar surface area (TPSA) is 69.6 Å². The fourth-order valence-electron chi connectivity index (χ4n) is 4.24. The van der Waals surface area contributed by atoms with E-state index in [0.717, 1.165) is 12.5 Å². The first-order chi connectivity index (χ1) is 9.42. The van der Waals surface area contributed by atoms with Gasteiger partial charge in [0.1, 0.15) is 0 Å². The summed E-state index contributed by atoms with van der Waals surface area (Å²) in [7, 11) is 0. The van der Waals surface area contributed by atoms with Crippen molar-refractivity contribution in [2.45, 2.75) is 45.4 Å². The molecular weight excluding hydrogens is 256 g/mol. The average Bonchev–Trinajstić information content (AvgIpc) is 3.11. The van der Waals surface area contributed by atoms with E-state index in [-0.39, 0.29) is 6.03 Å². The number of carboxylic acid groups (broad SMARTS) is 1. The lowest BCUT2D eigenvalue weighted by Crippen LogP contribution is -2.44. The summed E-state index contributed by atoms with van der Waals surface area (Å²) in [5, 5.41) is 12.3. The van der Waals surface area contributed by atoms with Crippen LogP contribution < -0.4 is 5.32 Å². The first-order valence-corrected chi connectivity index (χ1v) is 7.69. The van der Waals surface area contributed by atoms with Crippen LogP contribution in [0.2, 0.25) is 0 Å². The number of carbonyl (C=O) groups is 2. The van der Waals surface area contributed by atoms with E-state index in [2.05, 4.69) is 5.32 Å². The quantitative estimate of drug-likeness (QED) is 0.831. The van der Waals surface area contributed by atoms with Gasteiger partial charge in [-0.1, -0.05) is 0 Å². The van der Waals surface area contributed by atoms with Crippen LogP contribution in [0, 0.1) is 16.7 Å². The van der Waals surface area contributed by atoms with Crippen molar-refractivity contribution >= 4 is 12.0 Å². The van der Waals surface area contributed by atoms with Gasteiger partial charge in [0.2, 0.25) is 0 Å². The van der Waals surface area contributed by atoms with E-state index in [4.69, 9.17) is 0 Å². The molecule has 2 bridgehead atoms. The van der Waals surface area contributed by atoms with E-state index >= 15 is 0 Å². The number of nitrogens with zero attached hydrogens (tertiary/aromatic N) is 1. The molecular formula is C15H24N2O3. The third-order valence-corrected chi connectivity index (χ3v) is 5.78. The van der Waals surface area contributed by atoms with Crippen LogP contribution in [-0.4, -0.2) is 41.6 Å². The Balaban J connectivity index is 1.52. The Kier molecular flexibility index (Phi) is 3.18. The largest absolute Gasteiger partial charge is 0.481 e. The maximum atomic E-state index is 12.2. The lowest BCUT2D eigenvalue weighted by molar-refractivity contribution is -0.147. The first-order valence-electron chi connectivity index (χ1n) is 7.69. The van der Waals surface area contributed by atoms with Crippen molar-refractivity contribution in [3.8, 4) is 0 Å². The second-order valence-electron chi connectivity index (χ2n) is 7.34. The Bertz CT molecular complexity index is 429. The van der Waals surface area contributed by atoms with Gasteiger partial charge in [0.05, 0.1) is 5.41 Å². The maximum Gasteiger partial charge on any atom is 0.317 e. The van der Waals surface area contributed by atoms with E-state index < -0.39 is 11.4 Å². The molecule has 1 saturated heterocycles. The van der Waals surface area contributed by atoms with Crippen LogP contribution in [0.3, 0.4) is 0 Å². The molecule has 3 aliphatic rings. The van der Waals surface area contributed by atoms with Gasteiger partial charge < -0.3 is 15.3 Å². The number of likely N-dealkylation sites (tertiary alicyclic amines) is 1. The predicted octanol–water partition coefficient (Wildman–Crippen LogP) is 2.07. The van der Waals surface area contributed by atoms with Crippen LogP contribution in [0.25, 0.3) is 0 Å². The van der Waals surface area contributed by atoms with E-state index in [9.17, 15) is 14.7 Å². The van der Waals surface area contributed by atoms with Crippen LogP contribution in [0.5, 0.6) is 0 Å². The summed E-state index contributed by atoms with van der Waals surface area (Å²) in [5.74, 6) is 0.0785. The van der Waals surface area contributed by atoms with Crippen LogP contribution >= 0.6 is 0 Å². The molecule has 1 heterocycles. The fourth-order valence-corrected chi connectivity index (χ4v) is 4.24. The number of carboxylic acids is 1. The Morgan fingerprint density at radius 2 is 2.00 bits per heavy atom. The molecule has 5 nitrogen and oxygen atoms in total. The predicted molar refractivity (Wildman–Crippen MR) is 74.3 cm³/mol.